The largest absolute Gasteiger partial charge is 0.351 e. The van der Waals surface area contributed by atoms with Gasteiger partial charge in [-0.1, -0.05) is 26.8 Å². The number of hydrogen-bond acceptors (Lipinski definition) is 2. The zero-order chi connectivity index (χ0) is 13.1. The van der Waals surface area contributed by atoms with Crippen LogP contribution in [0.2, 0.25) is 0 Å². The summed E-state index contributed by atoms with van der Waals surface area (Å²) in [5.41, 5.74) is 0.151. The first-order valence-corrected chi connectivity index (χ1v) is 5.31. The molecule has 0 aromatic heterocycles. The molecule has 0 aliphatic carbocycles. The van der Waals surface area contributed by atoms with Gasteiger partial charge in [0.2, 0.25) is 5.91 Å². The lowest BCUT2D eigenvalue weighted by Gasteiger charge is -2.17. The molecule has 0 spiro atoms. The highest BCUT2D eigenvalue weighted by atomic mass is 19.1. The Bertz CT molecular complexity index is 469. The van der Waals surface area contributed by atoms with Crippen molar-refractivity contribution in [1.29, 1.82) is 5.26 Å². The standard InChI is InChI=1S/C13H15FN2O/c1-13(2,3)12(17)16-8-10-5-4-9(7-15)6-11(10)14/h4-6H,8H2,1-3H3,(H,16,17). The highest BCUT2D eigenvalue weighted by molar-refractivity contribution is 5.81. The van der Waals surface area contributed by atoms with Crippen molar-refractivity contribution in [2.45, 2.75) is 27.3 Å². The van der Waals surface area contributed by atoms with Crippen molar-refractivity contribution < 1.29 is 9.18 Å². The van der Waals surface area contributed by atoms with Gasteiger partial charge in [-0.3, -0.25) is 4.79 Å². The summed E-state index contributed by atoms with van der Waals surface area (Å²) in [6, 6.07) is 6.06. The maximum absolute atomic E-state index is 13.5. The lowest BCUT2D eigenvalue weighted by molar-refractivity contribution is -0.128. The SMILES string of the molecule is CC(C)(C)C(=O)NCc1ccc(C#N)cc1F. The van der Waals surface area contributed by atoms with Crippen LogP contribution in [0.3, 0.4) is 0 Å². The van der Waals surface area contributed by atoms with E-state index in [-0.39, 0.29) is 18.0 Å². The zero-order valence-electron chi connectivity index (χ0n) is 10.2. The molecule has 1 aromatic rings. The molecule has 1 rings (SSSR count). The number of rotatable bonds is 2. The van der Waals surface area contributed by atoms with E-state index in [0.29, 0.717) is 5.56 Å². The van der Waals surface area contributed by atoms with Gasteiger partial charge in [0.05, 0.1) is 11.6 Å². The minimum Gasteiger partial charge on any atom is -0.351 e. The fourth-order valence-corrected chi connectivity index (χ4v) is 1.20. The molecule has 1 amide bonds. The molecule has 90 valence electrons. The minimum atomic E-state index is -0.497. The average Bonchev–Trinajstić information content (AvgIpc) is 2.25. The summed E-state index contributed by atoms with van der Waals surface area (Å²) in [5.74, 6) is -0.612. The van der Waals surface area contributed by atoms with E-state index < -0.39 is 11.2 Å². The number of benzene rings is 1. The van der Waals surface area contributed by atoms with Crippen molar-refractivity contribution in [3.05, 3.63) is 35.1 Å². The second-order valence-electron chi connectivity index (χ2n) is 4.85. The van der Waals surface area contributed by atoms with E-state index in [1.54, 1.807) is 20.8 Å². The van der Waals surface area contributed by atoms with Gasteiger partial charge in [-0.05, 0) is 12.1 Å². The second kappa shape index (κ2) is 4.96. The van der Waals surface area contributed by atoms with Crippen LogP contribution in [0, 0.1) is 22.6 Å². The summed E-state index contributed by atoms with van der Waals surface area (Å²) in [5, 5.41) is 11.2. The third kappa shape index (κ3) is 3.56. The Balaban J connectivity index is 2.72. The topological polar surface area (TPSA) is 52.9 Å². The molecule has 0 unspecified atom stereocenters. The molecular weight excluding hydrogens is 219 g/mol. The van der Waals surface area contributed by atoms with Crippen LogP contribution in [0.4, 0.5) is 4.39 Å². The Hall–Kier alpha value is -1.89. The second-order valence-corrected chi connectivity index (χ2v) is 4.85. The van der Waals surface area contributed by atoms with E-state index in [9.17, 15) is 9.18 Å². The maximum atomic E-state index is 13.5. The summed E-state index contributed by atoms with van der Waals surface area (Å²) in [7, 11) is 0. The first-order valence-electron chi connectivity index (χ1n) is 5.31. The molecule has 1 N–H and O–H groups in total. The predicted octanol–water partition coefficient (Wildman–Crippen LogP) is 2.36. The van der Waals surface area contributed by atoms with Crippen LogP contribution in [0.15, 0.2) is 18.2 Å². The monoisotopic (exact) mass is 234 g/mol. The molecule has 3 nitrogen and oxygen atoms in total. The van der Waals surface area contributed by atoms with E-state index >= 15 is 0 Å². The molecule has 0 heterocycles. The minimum absolute atomic E-state index is 0.133. The molecule has 0 aliphatic heterocycles. The van der Waals surface area contributed by atoms with Gasteiger partial charge in [0, 0.05) is 17.5 Å². The van der Waals surface area contributed by atoms with Crippen molar-refractivity contribution in [1.82, 2.24) is 5.32 Å². The van der Waals surface area contributed by atoms with E-state index in [2.05, 4.69) is 5.32 Å². The number of amides is 1. The molecule has 0 saturated carbocycles. The van der Waals surface area contributed by atoms with Crippen molar-refractivity contribution in [3.63, 3.8) is 0 Å². The van der Waals surface area contributed by atoms with Crippen LogP contribution in [0.5, 0.6) is 0 Å². The van der Waals surface area contributed by atoms with Crippen LogP contribution < -0.4 is 5.32 Å². The van der Waals surface area contributed by atoms with Gasteiger partial charge in [-0.2, -0.15) is 5.26 Å². The summed E-state index contributed by atoms with van der Waals surface area (Å²) in [4.78, 5) is 11.6. The van der Waals surface area contributed by atoms with E-state index in [1.165, 1.54) is 18.2 Å². The van der Waals surface area contributed by atoms with Crippen molar-refractivity contribution in [2.75, 3.05) is 0 Å². The molecule has 1 aromatic carbocycles. The molecule has 0 radical (unpaired) electrons. The van der Waals surface area contributed by atoms with Crippen LogP contribution in [0.25, 0.3) is 0 Å². The fourth-order valence-electron chi connectivity index (χ4n) is 1.20. The van der Waals surface area contributed by atoms with Crippen LogP contribution in [-0.2, 0) is 11.3 Å². The molecule has 0 aliphatic rings. The Morgan fingerprint density at radius 2 is 2.12 bits per heavy atom. The molecular formula is C13H15FN2O. The zero-order valence-corrected chi connectivity index (χ0v) is 10.2. The van der Waals surface area contributed by atoms with E-state index in [4.69, 9.17) is 5.26 Å². The Kier molecular flexibility index (Phi) is 3.84. The highest BCUT2D eigenvalue weighted by Gasteiger charge is 2.20. The molecule has 4 heteroatoms. The van der Waals surface area contributed by atoms with E-state index in [0.717, 1.165) is 0 Å². The Morgan fingerprint density at radius 1 is 1.47 bits per heavy atom. The van der Waals surface area contributed by atoms with Crippen LogP contribution in [0.1, 0.15) is 31.9 Å². The smallest absolute Gasteiger partial charge is 0.225 e. The number of halogens is 1. The Morgan fingerprint density at radius 3 is 2.59 bits per heavy atom. The first-order chi connectivity index (χ1) is 7.84. The summed E-state index contributed by atoms with van der Waals surface area (Å²) in [6.07, 6.45) is 0. The molecule has 0 saturated heterocycles. The number of nitriles is 1. The number of nitrogens with one attached hydrogen (secondary N) is 1. The van der Waals surface area contributed by atoms with Gasteiger partial charge in [0.1, 0.15) is 5.82 Å². The number of hydrogen-bond donors (Lipinski definition) is 1. The quantitative estimate of drug-likeness (QED) is 0.854. The first kappa shape index (κ1) is 13.2. The third-order valence-corrected chi connectivity index (χ3v) is 2.30. The third-order valence-electron chi connectivity index (χ3n) is 2.30. The summed E-state index contributed by atoms with van der Waals surface area (Å²) >= 11 is 0. The lowest BCUT2D eigenvalue weighted by atomic mass is 9.95. The van der Waals surface area contributed by atoms with Crippen molar-refractivity contribution >= 4 is 5.91 Å². The predicted molar refractivity (Wildman–Crippen MR) is 62.4 cm³/mol. The number of carbonyl (C=O) groups is 1. The van der Waals surface area contributed by atoms with Crippen molar-refractivity contribution in [2.24, 2.45) is 5.41 Å². The van der Waals surface area contributed by atoms with Crippen molar-refractivity contribution in [3.8, 4) is 6.07 Å². The summed E-state index contributed by atoms with van der Waals surface area (Å²) in [6.45, 7) is 5.50. The van der Waals surface area contributed by atoms with Crippen LogP contribution in [-0.4, -0.2) is 5.91 Å². The lowest BCUT2D eigenvalue weighted by Crippen LogP contribution is -2.34. The molecule has 0 atom stereocenters. The molecule has 17 heavy (non-hydrogen) atoms. The van der Waals surface area contributed by atoms with Gasteiger partial charge in [-0.25, -0.2) is 4.39 Å². The summed E-state index contributed by atoms with van der Waals surface area (Å²) < 4.78 is 13.5. The van der Waals surface area contributed by atoms with Gasteiger partial charge < -0.3 is 5.32 Å². The number of nitrogens with zero attached hydrogens (tertiary/aromatic N) is 1. The fraction of sp³-hybridized carbons (Fsp3) is 0.385. The normalized spacial score (nSPS) is 10.8. The van der Waals surface area contributed by atoms with Gasteiger partial charge >= 0.3 is 0 Å². The van der Waals surface area contributed by atoms with Gasteiger partial charge in [0.25, 0.3) is 0 Å². The highest BCUT2D eigenvalue weighted by Crippen LogP contribution is 2.14. The van der Waals surface area contributed by atoms with E-state index in [1.807, 2.05) is 6.07 Å². The Labute approximate surface area is 100 Å². The number of carbonyl (C=O) groups excluding carboxylic acids is 1. The van der Waals surface area contributed by atoms with Gasteiger partial charge in [0.15, 0.2) is 0 Å². The van der Waals surface area contributed by atoms with Gasteiger partial charge in [-0.15, -0.1) is 0 Å². The molecule has 0 fully saturated rings. The molecule has 0 bridgehead atoms. The van der Waals surface area contributed by atoms with Crippen LogP contribution >= 0.6 is 0 Å². The average molecular weight is 234 g/mol. The maximum Gasteiger partial charge on any atom is 0.225 e.